The fraction of sp³-hybridized carbons (Fsp3) is 1.00. The Hall–Kier alpha value is 0.270. The molecule has 0 saturated carbocycles. The van der Waals surface area contributed by atoms with Gasteiger partial charge < -0.3 is 5.73 Å². The lowest BCUT2D eigenvalue weighted by Crippen LogP contribution is -2.56. The van der Waals surface area contributed by atoms with E-state index in [2.05, 4.69) is 30.5 Å². The quantitative estimate of drug-likeness (QED) is 0.761. The number of thioether (sulfide) groups is 1. The second-order valence-corrected chi connectivity index (χ2v) is 5.36. The molecule has 1 fully saturated rings. The van der Waals surface area contributed by atoms with E-state index in [0.29, 0.717) is 5.54 Å². The first kappa shape index (κ1) is 12.3. The van der Waals surface area contributed by atoms with Gasteiger partial charge in [-0.2, -0.15) is 11.8 Å². The van der Waals surface area contributed by atoms with Gasteiger partial charge in [0.1, 0.15) is 0 Å². The van der Waals surface area contributed by atoms with Crippen molar-refractivity contribution >= 4 is 11.8 Å². The summed E-state index contributed by atoms with van der Waals surface area (Å²) in [4.78, 5) is 2.63. The van der Waals surface area contributed by atoms with E-state index in [1.165, 1.54) is 43.9 Å². The minimum absolute atomic E-state index is 0.301. The minimum Gasteiger partial charge on any atom is -0.329 e. The normalized spacial score (nSPS) is 23.4. The third-order valence-corrected chi connectivity index (χ3v) is 4.38. The number of nitrogens with zero attached hydrogens (tertiary/aromatic N) is 1. The summed E-state index contributed by atoms with van der Waals surface area (Å²) in [5, 5.41) is 0. The smallest absolute Gasteiger partial charge is 0.0329 e. The Bertz CT molecular complexity index is 151. The topological polar surface area (TPSA) is 29.3 Å². The van der Waals surface area contributed by atoms with Crippen molar-refractivity contribution in [1.82, 2.24) is 4.90 Å². The molecule has 0 bridgehead atoms. The lowest BCUT2D eigenvalue weighted by Gasteiger charge is -2.45. The summed E-state index contributed by atoms with van der Waals surface area (Å²) in [6.45, 7) is 7.83. The van der Waals surface area contributed by atoms with Crippen LogP contribution in [0.4, 0.5) is 0 Å². The molecular formula is C11H24N2S. The number of hydrogen-bond acceptors (Lipinski definition) is 3. The van der Waals surface area contributed by atoms with Crippen molar-refractivity contribution in [2.75, 3.05) is 31.1 Å². The molecule has 0 aliphatic carbocycles. The largest absolute Gasteiger partial charge is 0.329 e. The molecule has 1 aliphatic rings. The molecular weight excluding hydrogens is 192 g/mol. The second kappa shape index (κ2) is 5.99. The Morgan fingerprint density at radius 3 is 2.36 bits per heavy atom. The van der Waals surface area contributed by atoms with Gasteiger partial charge in [-0.25, -0.2) is 0 Å². The number of rotatable bonds is 5. The van der Waals surface area contributed by atoms with Crippen molar-refractivity contribution in [2.24, 2.45) is 5.73 Å². The predicted molar refractivity (Wildman–Crippen MR) is 65.9 cm³/mol. The van der Waals surface area contributed by atoms with Crippen LogP contribution in [0.5, 0.6) is 0 Å². The molecule has 2 nitrogen and oxygen atoms in total. The van der Waals surface area contributed by atoms with Crippen molar-refractivity contribution in [3.63, 3.8) is 0 Å². The van der Waals surface area contributed by atoms with Crippen LogP contribution in [-0.2, 0) is 0 Å². The predicted octanol–water partition coefficient (Wildman–Crippen LogP) is 1.94. The van der Waals surface area contributed by atoms with Crippen molar-refractivity contribution < 1.29 is 0 Å². The maximum Gasteiger partial charge on any atom is 0.0329 e. The Balaban J connectivity index is 2.62. The Morgan fingerprint density at radius 1 is 1.29 bits per heavy atom. The number of hydrogen-bond donors (Lipinski definition) is 1. The molecule has 1 unspecified atom stereocenters. The van der Waals surface area contributed by atoms with Crippen LogP contribution in [0.2, 0.25) is 0 Å². The van der Waals surface area contributed by atoms with Crippen LogP contribution >= 0.6 is 11.8 Å². The molecule has 1 saturated heterocycles. The highest BCUT2D eigenvalue weighted by atomic mass is 32.2. The summed E-state index contributed by atoms with van der Waals surface area (Å²) in [6.07, 6.45) is 3.70. The van der Waals surface area contributed by atoms with Gasteiger partial charge in [0.25, 0.3) is 0 Å². The first-order valence-corrected chi connectivity index (χ1v) is 6.97. The van der Waals surface area contributed by atoms with Gasteiger partial charge in [-0.3, -0.25) is 4.90 Å². The summed E-state index contributed by atoms with van der Waals surface area (Å²) >= 11 is 2.07. The van der Waals surface area contributed by atoms with Crippen molar-refractivity contribution in [1.29, 1.82) is 0 Å². The SMILES string of the molecule is CCCC(CC)(CN)N1CCSCC1. The molecule has 0 aromatic heterocycles. The molecule has 1 heterocycles. The summed E-state index contributed by atoms with van der Waals surface area (Å²) in [5.74, 6) is 2.57. The first-order valence-electron chi connectivity index (χ1n) is 5.82. The van der Waals surface area contributed by atoms with Gasteiger partial charge >= 0.3 is 0 Å². The molecule has 0 aromatic rings. The highest BCUT2D eigenvalue weighted by Crippen LogP contribution is 2.27. The zero-order valence-electron chi connectivity index (χ0n) is 9.59. The lowest BCUT2D eigenvalue weighted by molar-refractivity contribution is 0.0910. The zero-order chi connectivity index (χ0) is 10.4. The Labute approximate surface area is 92.6 Å². The van der Waals surface area contributed by atoms with Gasteiger partial charge in [-0.1, -0.05) is 20.3 Å². The fourth-order valence-electron chi connectivity index (χ4n) is 2.44. The maximum atomic E-state index is 5.99. The molecule has 0 spiro atoms. The molecule has 84 valence electrons. The van der Waals surface area contributed by atoms with Gasteiger partial charge in [0.2, 0.25) is 0 Å². The molecule has 2 N–H and O–H groups in total. The van der Waals surface area contributed by atoms with Gasteiger partial charge in [-0.05, 0) is 12.8 Å². The summed E-state index contributed by atoms with van der Waals surface area (Å²) in [7, 11) is 0. The molecule has 0 aromatic carbocycles. The van der Waals surface area contributed by atoms with Crippen LogP contribution in [0.3, 0.4) is 0 Å². The van der Waals surface area contributed by atoms with Crippen LogP contribution in [0, 0.1) is 0 Å². The second-order valence-electron chi connectivity index (χ2n) is 4.13. The first-order chi connectivity index (χ1) is 6.79. The van der Waals surface area contributed by atoms with Crippen molar-refractivity contribution in [3.8, 4) is 0 Å². The van der Waals surface area contributed by atoms with E-state index in [0.717, 1.165) is 6.54 Å². The van der Waals surface area contributed by atoms with E-state index in [4.69, 9.17) is 5.73 Å². The lowest BCUT2D eigenvalue weighted by atomic mass is 9.88. The average Bonchev–Trinajstić information content (AvgIpc) is 2.27. The average molecular weight is 216 g/mol. The summed E-state index contributed by atoms with van der Waals surface area (Å²) in [6, 6.07) is 0. The molecule has 1 aliphatic heterocycles. The standard InChI is InChI=1S/C11H24N2S/c1-3-5-11(4-2,10-12)13-6-8-14-9-7-13/h3-10,12H2,1-2H3. The fourth-order valence-corrected chi connectivity index (χ4v) is 3.34. The van der Waals surface area contributed by atoms with E-state index in [1.54, 1.807) is 0 Å². The van der Waals surface area contributed by atoms with E-state index >= 15 is 0 Å². The Morgan fingerprint density at radius 2 is 1.93 bits per heavy atom. The van der Waals surface area contributed by atoms with Crippen molar-refractivity contribution in [2.45, 2.75) is 38.6 Å². The van der Waals surface area contributed by atoms with Gasteiger partial charge in [0.15, 0.2) is 0 Å². The third-order valence-electron chi connectivity index (χ3n) is 3.44. The van der Waals surface area contributed by atoms with E-state index in [9.17, 15) is 0 Å². The molecule has 1 atom stereocenters. The van der Waals surface area contributed by atoms with E-state index < -0.39 is 0 Å². The van der Waals surface area contributed by atoms with Crippen LogP contribution in [0.15, 0.2) is 0 Å². The van der Waals surface area contributed by atoms with Gasteiger partial charge in [0, 0.05) is 36.7 Å². The Kier molecular flexibility index (Phi) is 5.28. The van der Waals surface area contributed by atoms with Crippen molar-refractivity contribution in [3.05, 3.63) is 0 Å². The maximum absolute atomic E-state index is 5.99. The zero-order valence-corrected chi connectivity index (χ0v) is 10.4. The molecule has 1 rings (SSSR count). The van der Waals surface area contributed by atoms with E-state index in [1.807, 2.05) is 0 Å². The molecule has 0 amide bonds. The summed E-state index contributed by atoms with van der Waals surface area (Å²) in [5.41, 5.74) is 6.29. The minimum atomic E-state index is 0.301. The van der Waals surface area contributed by atoms with Crippen LogP contribution in [0.1, 0.15) is 33.1 Å². The van der Waals surface area contributed by atoms with Crippen LogP contribution < -0.4 is 5.73 Å². The van der Waals surface area contributed by atoms with E-state index in [-0.39, 0.29) is 0 Å². The van der Waals surface area contributed by atoms with Gasteiger partial charge in [0.05, 0.1) is 0 Å². The number of nitrogens with two attached hydrogens (primary N) is 1. The highest BCUT2D eigenvalue weighted by molar-refractivity contribution is 7.99. The third kappa shape index (κ3) is 2.65. The molecule has 0 radical (unpaired) electrons. The van der Waals surface area contributed by atoms with Gasteiger partial charge in [-0.15, -0.1) is 0 Å². The van der Waals surface area contributed by atoms with Crippen LogP contribution in [0.25, 0.3) is 0 Å². The highest BCUT2D eigenvalue weighted by Gasteiger charge is 2.33. The summed E-state index contributed by atoms with van der Waals surface area (Å²) < 4.78 is 0. The molecule has 14 heavy (non-hydrogen) atoms. The van der Waals surface area contributed by atoms with Crippen LogP contribution in [-0.4, -0.2) is 41.6 Å². The molecule has 3 heteroatoms. The monoisotopic (exact) mass is 216 g/mol.